The standard InChI is InChI=1S/C30H34N8O3/c1-5-29(39)32-23-17-24(27(40-4)18-26(23)37-13-15-41-16-14-37)33-30-31-12-11-28(34-30)38-19-22(21-9-7-6-8-10-21)25(35-38)20-36(2)3/h5-12,17-19H,1,13-16,20H2,2-4H3,(H,32,39)(H,31,33,34). The Kier molecular flexibility index (Phi) is 8.56. The van der Waals surface area contributed by atoms with E-state index in [2.05, 4.69) is 44.1 Å². The van der Waals surface area contributed by atoms with Crippen LogP contribution in [0.2, 0.25) is 0 Å². The fourth-order valence-electron chi connectivity index (χ4n) is 4.64. The van der Waals surface area contributed by atoms with Crippen LogP contribution in [-0.4, -0.2) is 78.1 Å². The largest absolute Gasteiger partial charge is 0.494 e. The Bertz CT molecular complexity index is 1510. The molecule has 0 unspecified atom stereocenters. The summed E-state index contributed by atoms with van der Waals surface area (Å²) in [6.07, 6.45) is 4.90. The molecule has 2 aromatic heterocycles. The number of nitrogens with one attached hydrogen (secondary N) is 2. The summed E-state index contributed by atoms with van der Waals surface area (Å²) in [5.41, 5.74) is 5.11. The van der Waals surface area contributed by atoms with Gasteiger partial charge in [0, 0.05) is 49.7 Å². The lowest BCUT2D eigenvalue weighted by atomic mass is 10.1. The van der Waals surface area contributed by atoms with Gasteiger partial charge in [-0.1, -0.05) is 36.9 Å². The van der Waals surface area contributed by atoms with Crippen LogP contribution in [0.15, 0.2) is 73.6 Å². The molecule has 2 N–H and O–H groups in total. The van der Waals surface area contributed by atoms with E-state index < -0.39 is 0 Å². The molecule has 0 radical (unpaired) electrons. The Morgan fingerprint density at radius 3 is 2.63 bits per heavy atom. The van der Waals surface area contributed by atoms with Gasteiger partial charge in [0.25, 0.3) is 0 Å². The predicted molar refractivity (Wildman–Crippen MR) is 160 cm³/mol. The van der Waals surface area contributed by atoms with Crippen molar-refractivity contribution in [1.82, 2.24) is 24.6 Å². The van der Waals surface area contributed by atoms with Gasteiger partial charge in [-0.15, -0.1) is 0 Å². The first-order valence-corrected chi connectivity index (χ1v) is 13.3. The number of benzene rings is 2. The SMILES string of the molecule is C=CC(=O)Nc1cc(Nc2nccc(-n3cc(-c4ccccc4)c(CN(C)C)n3)n2)c(OC)cc1N1CCOCC1. The first-order chi connectivity index (χ1) is 19.9. The second-order valence-electron chi connectivity index (χ2n) is 9.76. The zero-order chi connectivity index (χ0) is 28.8. The van der Waals surface area contributed by atoms with E-state index in [1.54, 1.807) is 24.1 Å². The smallest absolute Gasteiger partial charge is 0.247 e. The normalized spacial score (nSPS) is 13.2. The molecule has 0 saturated carbocycles. The summed E-state index contributed by atoms with van der Waals surface area (Å²) in [6, 6.07) is 15.7. The van der Waals surface area contributed by atoms with E-state index in [-0.39, 0.29) is 5.91 Å². The molecule has 0 aliphatic carbocycles. The predicted octanol–water partition coefficient (Wildman–Crippen LogP) is 4.10. The number of nitrogens with zero attached hydrogens (tertiary/aromatic N) is 6. The number of hydrogen-bond donors (Lipinski definition) is 2. The van der Waals surface area contributed by atoms with Crippen LogP contribution in [0.3, 0.4) is 0 Å². The highest BCUT2D eigenvalue weighted by Crippen LogP contribution is 2.38. The average molecular weight is 555 g/mol. The maximum atomic E-state index is 12.3. The second kappa shape index (κ2) is 12.6. The Balaban J connectivity index is 1.49. The second-order valence-corrected chi connectivity index (χ2v) is 9.76. The number of aromatic nitrogens is 4. The van der Waals surface area contributed by atoms with Crippen LogP contribution < -0.4 is 20.3 Å². The first-order valence-electron chi connectivity index (χ1n) is 13.3. The molecule has 11 nitrogen and oxygen atoms in total. The van der Waals surface area contributed by atoms with Gasteiger partial charge >= 0.3 is 0 Å². The maximum Gasteiger partial charge on any atom is 0.247 e. The Morgan fingerprint density at radius 2 is 1.93 bits per heavy atom. The van der Waals surface area contributed by atoms with E-state index in [0.717, 1.165) is 22.5 Å². The van der Waals surface area contributed by atoms with E-state index >= 15 is 0 Å². The Labute approximate surface area is 239 Å². The van der Waals surface area contributed by atoms with Crippen molar-refractivity contribution >= 4 is 28.9 Å². The third-order valence-electron chi connectivity index (χ3n) is 6.58. The zero-order valence-electron chi connectivity index (χ0n) is 23.5. The van der Waals surface area contributed by atoms with E-state index in [1.807, 2.05) is 50.6 Å². The molecule has 0 atom stereocenters. The summed E-state index contributed by atoms with van der Waals surface area (Å²) in [4.78, 5) is 25.7. The highest BCUT2D eigenvalue weighted by atomic mass is 16.5. The molecule has 0 spiro atoms. The number of methoxy groups -OCH3 is 1. The first kappa shape index (κ1) is 27.8. The topological polar surface area (TPSA) is 110 Å². The van der Waals surface area contributed by atoms with Gasteiger partial charge in [0.1, 0.15) is 5.75 Å². The molecule has 212 valence electrons. The number of morpholine rings is 1. The summed E-state index contributed by atoms with van der Waals surface area (Å²) in [5.74, 6) is 1.23. The number of hydrogen-bond acceptors (Lipinski definition) is 9. The minimum Gasteiger partial charge on any atom is -0.494 e. The molecular formula is C30H34N8O3. The molecule has 2 aromatic carbocycles. The van der Waals surface area contributed by atoms with Crippen molar-refractivity contribution in [3.05, 3.63) is 79.3 Å². The Hall–Kier alpha value is -4.74. The van der Waals surface area contributed by atoms with Gasteiger partial charge in [-0.05, 0) is 31.8 Å². The van der Waals surface area contributed by atoms with Crippen molar-refractivity contribution in [3.63, 3.8) is 0 Å². The fourth-order valence-corrected chi connectivity index (χ4v) is 4.64. The fraction of sp³-hybridized carbons (Fsp3) is 0.267. The Morgan fingerprint density at radius 1 is 1.15 bits per heavy atom. The van der Waals surface area contributed by atoms with Crippen molar-refractivity contribution in [2.24, 2.45) is 0 Å². The molecule has 3 heterocycles. The lowest BCUT2D eigenvalue weighted by Crippen LogP contribution is -2.36. The van der Waals surface area contributed by atoms with Crippen LogP contribution in [0.4, 0.5) is 23.0 Å². The maximum absolute atomic E-state index is 12.3. The number of carbonyl (C=O) groups excluding carboxylic acids is 1. The minimum atomic E-state index is -0.310. The molecule has 11 heteroatoms. The summed E-state index contributed by atoms with van der Waals surface area (Å²) in [6.45, 7) is 6.87. The summed E-state index contributed by atoms with van der Waals surface area (Å²) < 4.78 is 13.0. The number of ether oxygens (including phenoxy) is 2. The van der Waals surface area contributed by atoms with Crippen molar-refractivity contribution in [2.75, 3.05) is 63.0 Å². The van der Waals surface area contributed by atoms with Gasteiger partial charge in [-0.3, -0.25) is 4.79 Å². The quantitative estimate of drug-likeness (QED) is 0.280. The molecule has 1 aliphatic rings. The minimum absolute atomic E-state index is 0.310. The van der Waals surface area contributed by atoms with Gasteiger partial charge < -0.3 is 29.9 Å². The third kappa shape index (κ3) is 6.53. The highest BCUT2D eigenvalue weighted by Gasteiger charge is 2.20. The van der Waals surface area contributed by atoms with E-state index in [4.69, 9.17) is 19.6 Å². The van der Waals surface area contributed by atoms with Crippen molar-refractivity contribution in [2.45, 2.75) is 6.54 Å². The number of rotatable bonds is 10. The van der Waals surface area contributed by atoms with Gasteiger partial charge in [0.05, 0.1) is 43.1 Å². The molecule has 0 bridgehead atoms. The van der Waals surface area contributed by atoms with E-state index in [0.29, 0.717) is 61.7 Å². The van der Waals surface area contributed by atoms with Crippen LogP contribution in [0, 0.1) is 0 Å². The summed E-state index contributed by atoms with van der Waals surface area (Å²) >= 11 is 0. The van der Waals surface area contributed by atoms with Gasteiger partial charge in [0.15, 0.2) is 5.82 Å². The zero-order valence-corrected chi connectivity index (χ0v) is 23.5. The highest BCUT2D eigenvalue weighted by molar-refractivity contribution is 6.02. The van der Waals surface area contributed by atoms with Gasteiger partial charge in [-0.25, -0.2) is 9.67 Å². The number of anilines is 4. The molecular weight excluding hydrogens is 520 g/mol. The lowest BCUT2D eigenvalue weighted by molar-refractivity contribution is -0.111. The number of amides is 1. The molecule has 1 saturated heterocycles. The van der Waals surface area contributed by atoms with Gasteiger partial charge in [0.2, 0.25) is 11.9 Å². The molecule has 5 rings (SSSR count). The van der Waals surface area contributed by atoms with Crippen LogP contribution >= 0.6 is 0 Å². The monoisotopic (exact) mass is 554 g/mol. The van der Waals surface area contributed by atoms with Crippen LogP contribution in [0.1, 0.15) is 5.69 Å². The van der Waals surface area contributed by atoms with Crippen molar-refractivity contribution in [1.29, 1.82) is 0 Å². The van der Waals surface area contributed by atoms with Crippen LogP contribution in [0.5, 0.6) is 5.75 Å². The van der Waals surface area contributed by atoms with E-state index in [1.165, 1.54) is 6.08 Å². The molecule has 1 fully saturated rings. The van der Waals surface area contributed by atoms with E-state index in [9.17, 15) is 4.79 Å². The summed E-state index contributed by atoms with van der Waals surface area (Å²) in [5, 5.41) is 11.0. The van der Waals surface area contributed by atoms with Crippen LogP contribution in [0.25, 0.3) is 16.9 Å². The average Bonchev–Trinajstić information content (AvgIpc) is 3.41. The third-order valence-corrected chi connectivity index (χ3v) is 6.58. The molecule has 4 aromatic rings. The van der Waals surface area contributed by atoms with Gasteiger partial charge in [-0.2, -0.15) is 10.1 Å². The molecule has 1 amide bonds. The van der Waals surface area contributed by atoms with Crippen LogP contribution in [-0.2, 0) is 16.1 Å². The number of carbonyl (C=O) groups is 1. The molecule has 41 heavy (non-hydrogen) atoms. The summed E-state index contributed by atoms with van der Waals surface area (Å²) in [7, 11) is 5.64. The van der Waals surface area contributed by atoms with Crippen molar-refractivity contribution < 1.29 is 14.3 Å². The molecule has 1 aliphatic heterocycles. The lowest BCUT2D eigenvalue weighted by Gasteiger charge is -2.31. The van der Waals surface area contributed by atoms with Crippen molar-refractivity contribution in [3.8, 4) is 22.7 Å².